The second-order valence-corrected chi connectivity index (χ2v) is 10.7. The van der Waals surface area contributed by atoms with E-state index in [2.05, 4.69) is 9.39 Å². The fourth-order valence-corrected chi connectivity index (χ4v) is 6.31. The molecule has 1 N–H and O–H groups in total. The maximum Gasteiger partial charge on any atom is 0.285 e. The Balaban J connectivity index is 1.73. The number of thioether (sulfide) groups is 1. The summed E-state index contributed by atoms with van der Waals surface area (Å²) in [6.07, 6.45) is 1.82. The highest BCUT2D eigenvalue weighted by molar-refractivity contribution is 8.15. The number of hydrogen-bond acceptors (Lipinski definition) is 5. The standard InChI is InChI=1S/C19H17Cl2N3O3S2/c1-24(2)10-22-29(26,27)16-8-11(3-6-15(16)21)18-23-19(25)14-5-4-13(20)7-12(14)9-17(19)28-18/h3-8,10,17,25H,9H2,1-2H3/b22-10+. The van der Waals surface area contributed by atoms with Gasteiger partial charge in [0.2, 0.25) is 0 Å². The number of halogens is 2. The molecular formula is C19H17Cl2N3O3S2. The molecule has 4 rings (SSSR count). The van der Waals surface area contributed by atoms with Crippen molar-refractivity contribution in [2.24, 2.45) is 9.39 Å². The van der Waals surface area contributed by atoms with Crippen LogP contribution in [0.1, 0.15) is 16.7 Å². The molecule has 10 heteroatoms. The predicted molar refractivity (Wildman–Crippen MR) is 118 cm³/mol. The molecule has 2 atom stereocenters. The minimum absolute atomic E-state index is 0.0761. The van der Waals surface area contributed by atoms with Crippen molar-refractivity contribution >= 4 is 56.4 Å². The lowest BCUT2D eigenvalue weighted by molar-refractivity contribution is 0.0580. The summed E-state index contributed by atoms with van der Waals surface area (Å²) < 4.78 is 28.8. The smallest absolute Gasteiger partial charge is 0.285 e. The van der Waals surface area contributed by atoms with Gasteiger partial charge in [-0.05, 0) is 36.2 Å². The Morgan fingerprint density at radius 1 is 1.28 bits per heavy atom. The normalized spacial score (nSPS) is 23.2. The molecule has 2 unspecified atom stereocenters. The SMILES string of the molecule is CN(C)/C=N/S(=O)(=O)c1cc(C2=NC3(O)c4ccc(Cl)cc4CC3S2)ccc1Cl. The van der Waals surface area contributed by atoms with Crippen molar-refractivity contribution in [3.63, 3.8) is 0 Å². The largest absolute Gasteiger partial charge is 0.368 e. The second-order valence-electron chi connectivity index (χ2n) is 7.06. The Morgan fingerprint density at radius 3 is 2.76 bits per heavy atom. The summed E-state index contributed by atoms with van der Waals surface area (Å²) in [6, 6.07) is 10.0. The molecule has 6 nitrogen and oxygen atoms in total. The summed E-state index contributed by atoms with van der Waals surface area (Å²) >= 11 is 13.6. The van der Waals surface area contributed by atoms with Gasteiger partial charge in [-0.25, -0.2) is 4.99 Å². The molecule has 1 aliphatic carbocycles. The van der Waals surface area contributed by atoms with Crippen molar-refractivity contribution in [2.45, 2.75) is 22.3 Å². The zero-order valence-corrected chi connectivity index (χ0v) is 18.6. The van der Waals surface area contributed by atoms with Crippen LogP contribution in [0.4, 0.5) is 0 Å². The van der Waals surface area contributed by atoms with Crippen molar-refractivity contribution in [1.82, 2.24) is 4.90 Å². The summed E-state index contributed by atoms with van der Waals surface area (Å²) in [4.78, 5) is 5.98. The molecule has 0 fully saturated rings. The highest BCUT2D eigenvalue weighted by atomic mass is 35.5. The van der Waals surface area contributed by atoms with Gasteiger partial charge in [0.05, 0.1) is 10.3 Å². The molecule has 29 heavy (non-hydrogen) atoms. The maximum atomic E-state index is 12.6. The van der Waals surface area contributed by atoms with E-state index in [0.717, 1.165) is 11.1 Å². The van der Waals surface area contributed by atoms with E-state index in [-0.39, 0.29) is 15.2 Å². The van der Waals surface area contributed by atoms with E-state index in [4.69, 9.17) is 23.2 Å². The quantitative estimate of drug-likeness (QED) is 0.546. The van der Waals surface area contributed by atoms with Gasteiger partial charge in [0.25, 0.3) is 10.0 Å². The van der Waals surface area contributed by atoms with Crippen molar-refractivity contribution in [1.29, 1.82) is 0 Å². The zero-order valence-electron chi connectivity index (χ0n) is 15.5. The van der Waals surface area contributed by atoms with Crippen molar-refractivity contribution in [3.05, 3.63) is 63.1 Å². The fourth-order valence-electron chi connectivity index (χ4n) is 3.36. The average Bonchev–Trinajstić information content (AvgIpc) is 3.10. The monoisotopic (exact) mass is 469 g/mol. The summed E-state index contributed by atoms with van der Waals surface area (Å²) in [5.41, 5.74) is 0.905. The van der Waals surface area contributed by atoms with Gasteiger partial charge in [-0.2, -0.15) is 8.42 Å². The first kappa shape index (κ1) is 20.7. The summed E-state index contributed by atoms with van der Waals surface area (Å²) in [5.74, 6) is 0. The molecule has 0 amide bonds. The van der Waals surface area contributed by atoms with Crippen LogP contribution in [-0.2, 0) is 22.2 Å². The third-order valence-corrected chi connectivity index (χ3v) is 7.99. The van der Waals surface area contributed by atoms with Crippen molar-refractivity contribution < 1.29 is 13.5 Å². The number of hydrogen-bond donors (Lipinski definition) is 1. The summed E-state index contributed by atoms with van der Waals surface area (Å²) in [5, 5.41) is 12.3. The third kappa shape index (κ3) is 3.68. The summed E-state index contributed by atoms with van der Waals surface area (Å²) in [6.45, 7) is 0. The average molecular weight is 470 g/mol. The van der Waals surface area contributed by atoms with Gasteiger partial charge < -0.3 is 10.0 Å². The molecular weight excluding hydrogens is 453 g/mol. The number of nitrogens with zero attached hydrogens (tertiary/aromatic N) is 3. The van der Waals surface area contributed by atoms with E-state index in [1.807, 2.05) is 6.07 Å². The van der Waals surface area contributed by atoms with E-state index in [9.17, 15) is 13.5 Å². The number of aliphatic imine (C=N–C) groups is 1. The number of sulfonamides is 1. The van der Waals surface area contributed by atoms with Crippen molar-refractivity contribution in [3.8, 4) is 0 Å². The third-order valence-electron chi connectivity index (χ3n) is 4.72. The highest BCUT2D eigenvalue weighted by Gasteiger charge is 2.50. The molecule has 152 valence electrons. The van der Waals surface area contributed by atoms with Crippen LogP contribution in [0.25, 0.3) is 0 Å². The Labute approximate surface area is 183 Å². The first-order valence-electron chi connectivity index (χ1n) is 8.65. The van der Waals surface area contributed by atoms with Crippen LogP contribution in [0.2, 0.25) is 10.0 Å². The predicted octanol–water partition coefficient (Wildman–Crippen LogP) is 3.54. The van der Waals surface area contributed by atoms with E-state index < -0.39 is 15.7 Å². The molecule has 2 aromatic carbocycles. The van der Waals surface area contributed by atoms with Crippen LogP contribution in [0, 0.1) is 0 Å². The molecule has 1 heterocycles. The molecule has 0 radical (unpaired) electrons. The topological polar surface area (TPSA) is 82.3 Å². The molecule has 0 bridgehead atoms. The van der Waals surface area contributed by atoms with Crippen LogP contribution < -0.4 is 0 Å². The first-order valence-corrected chi connectivity index (χ1v) is 11.7. The summed E-state index contributed by atoms with van der Waals surface area (Å²) in [7, 11) is -0.627. The molecule has 2 aromatic rings. The van der Waals surface area contributed by atoms with E-state index in [0.29, 0.717) is 22.1 Å². The number of aliphatic hydroxyl groups is 1. The molecule has 0 saturated heterocycles. The highest BCUT2D eigenvalue weighted by Crippen LogP contribution is 2.51. The fraction of sp³-hybridized carbons (Fsp3) is 0.263. The minimum Gasteiger partial charge on any atom is -0.368 e. The van der Waals surface area contributed by atoms with Gasteiger partial charge in [-0.3, -0.25) is 0 Å². The zero-order chi connectivity index (χ0) is 21.0. The van der Waals surface area contributed by atoms with Gasteiger partial charge in [-0.1, -0.05) is 47.1 Å². The van der Waals surface area contributed by atoms with Gasteiger partial charge >= 0.3 is 0 Å². The number of benzene rings is 2. The second kappa shape index (κ2) is 7.28. The van der Waals surface area contributed by atoms with Gasteiger partial charge in [-0.15, -0.1) is 4.40 Å². The lowest BCUT2D eigenvalue weighted by Gasteiger charge is -2.19. The van der Waals surface area contributed by atoms with Gasteiger partial charge in [0, 0.05) is 30.2 Å². The van der Waals surface area contributed by atoms with Crippen LogP contribution in [0.15, 0.2) is 50.7 Å². The Morgan fingerprint density at radius 2 is 2.03 bits per heavy atom. The molecule has 2 aliphatic rings. The first-order chi connectivity index (χ1) is 13.6. The number of rotatable bonds is 4. The van der Waals surface area contributed by atoms with E-state index in [1.54, 1.807) is 32.3 Å². The lowest BCUT2D eigenvalue weighted by atomic mass is 10.1. The Hall–Kier alpha value is -1.58. The Kier molecular flexibility index (Phi) is 5.19. The molecule has 0 saturated carbocycles. The van der Waals surface area contributed by atoms with Crippen LogP contribution in [0.5, 0.6) is 0 Å². The van der Waals surface area contributed by atoms with Gasteiger partial charge in [0.1, 0.15) is 16.3 Å². The number of fused-ring (bicyclic) bond motifs is 3. The van der Waals surface area contributed by atoms with E-state index in [1.165, 1.54) is 35.1 Å². The minimum atomic E-state index is -3.97. The van der Waals surface area contributed by atoms with Crippen molar-refractivity contribution in [2.75, 3.05) is 14.1 Å². The molecule has 0 spiro atoms. The van der Waals surface area contributed by atoms with Crippen LogP contribution in [0.3, 0.4) is 0 Å². The molecule has 0 aromatic heterocycles. The van der Waals surface area contributed by atoms with Gasteiger partial charge in [0.15, 0.2) is 5.72 Å². The van der Waals surface area contributed by atoms with Crippen LogP contribution >= 0.6 is 35.0 Å². The lowest BCUT2D eigenvalue weighted by Crippen LogP contribution is -2.27. The van der Waals surface area contributed by atoms with Crippen LogP contribution in [-0.4, -0.2) is 49.2 Å². The maximum absolute atomic E-state index is 12.6. The Bertz CT molecular complexity index is 1170. The molecule has 1 aliphatic heterocycles. The van der Waals surface area contributed by atoms with E-state index >= 15 is 0 Å².